The molecule has 3 atom stereocenters. The summed E-state index contributed by atoms with van der Waals surface area (Å²) in [6, 6.07) is 26.0. The Morgan fingerprint density at radius 2 is 1.46 bits per heavy atom. The molecule has 5 aliphatic heterocycles. The molecule has 3 saturated heterocycles. The number of carbonyl (C=O) groups excluding carboxylic acids is 3. The first-order valence-corrected chi connectivity index (χ1v) is 20.4. The number of halogens is 1. The van der Waals surface area contributed by atoms with E-state index in [1.165, 1.54) is 33.5 Å². The normalized spacial score (nSPS) is 24.5. The van der Waals surface area contributed by atoms with Crippen LogP contribution in [0.2, 0.25) is 0 Å². The van der Waals surface area contributed by atoms with Gasteiger partial charge in [0.25, 0.3) is 5.91 Å². The molecule has 10 rings (SSSR count). The van der Waals surface area contributed by atoms with E-state index < -0.39 is 6.04 Å². The van der Waals surface area contributed by atoms with Gasteiger partial charge in [0, 0.05) is 74.8 Å². The molecule has 4 aromatic rings. The molecule has 0 bridgehead atoms. The number of phenols is 1. The number of hydrogen-bond donors (Lipinski definition) is 2. The lowest BCUT2D eigenvalue weighted by atomic mass is 9.69. The smallest absolute Gasteiger partial charge is 0.255 e. The van der Waals surface area contributed by atoms with Crippen LogP contribution in [0.4, 0.5) is 10.1 Å². The highest BCUT2D eigenvalue weighted by Crippen LogP contribution is 2.47. The molecule has 0 saturated carbocycles. The van der Waals surface area contributed by atoms with Crippen LogP contribution in [0.5, 0.6) is 5.75 Å². The Kier molecular flexibility index (Phi) is 8.94. The fourth-order valence-corrected chi connectivity index (χ4v) is 10.7. The summed E-state index contributed by atoms with van der Waals surface area (Å²) in [7, 11) is 0. The maximum Gasteiger partial charge on any atom is 0.255 e. The summed E-state index contributed by atoms with van der Waals surface area (Å²) in [6.45, 7) is 7.66. The zero-order valence-corrected chi connectivity index (χ0v) is 31.6. The molecular formula is C46H48FN5O4. The van der Waals surface area contributed by atoms with Gasteiger partial charge in [0.1, 0.15) is 17.6 Å². The van der Waals surface area contributed by atoms with E-state index in [0.717, 1.165) is 82.6 Å². The summed E-state index contributed by atoms with van der Waals surface area (Å²) < 4.78 is 13.8. The third-order valence-corrected chi connectivity index (χ3v) is 13.6. The molecule has 9 nitrogen and oxygen atoms in total. The van der Waals surface area contributed by atoms with Crippen LogP contribution < -0.4 is 10.2 Å². The van der Waals surface area contributed by atoms with Gasteiger partial charge in [0.05, 0.1) is 0 Å². The van der Waals surface area contributed by atoms with Crippen LogP contribution in [-0.4, -0.2) is 82.3 Å². The van der Waals surface area contributed by atoms with Gasteiger partial charge in [-0.25, -0.2) is 4.39 Å². The van der Waals surface area contributed by atoms with Gasteiger partial charge in [-0.05, 0) is 133 Å². The molecule has 10 heteroatoms. The molecule has 288 valence electrons. The van der Waals surface area contributed by atoms with Crippen molar-refractivity contribution in [1.82, 2.24) is 20.0 Å². The van der Waals surface area contributed by atoms with Crippen molar-refractivity contribution in [3.8, 4) is 5.75 Å². The maximum absolute atomic E-state index is 13.8. The second-order valence-corrected chi connectivity index (χ2v) is 17.0. The minimum Gasteiger partial charge on any atom is -0.508 e. The van der Waals surface area contributed by atoms with E-state index in [0.29, 0.717) is 36.2 Å². The second kappa shape index (κ2) is 14.2. The Hall–Kier alpha value is -5.06. The largest absolute Gasteiger partial charge is 0.508 e. The maximum atomic E-state index is 13.8. The van der Waals surface area contributed by atoms with Gasteiger partial charge < -0.3 is 19.8 Å². The number of imide groups is 1. The number of nitrogens with one attached hydrogen (secondary N) is 1. The van der Waals surface area contributed by atoms with Crippen molar-refractivity contribution < 1.29 is 23.9 Å². The fourth-order valence-electron chi connectivity index (χ4n) is 10.7. The summed E-state index contributed by atoms with van der Waals surface area (Å²) in [5.41, 5.74) is 10.3. The number of anilines is 1. The standard InChI is InChI=1S/C46H48FN5O4/c47-35-6-1-29(2-7-35)39-11-5-31-20-38(53)10-12-40(31)44(39)30-3-8-36(9-4-30)50-23-28(24-50)22-49-17-15-37(16-18-49)51-25-32-19-34-27-52(42-13-14-43(54)48-45(42)55)46(56)41(34)21-33(32)26-51/h1-4,6-10,12,19-21,28,37,39,42,44,53H,5,11,13-18,22-27H2,(H,48,54,55)/t39-,42?,44+/m0/s1. The van der Waals surface area contributed by atoms with Gasteiger partial charge in [-0.15, -0.1) is 0 Å². The summed E-state index contributed by atoms with van der Waals surface area (Å²) in [5, 5.41) is 12.6. The van der Waals surface area contributed by atoms with Crippen LogP contribution in [-0.2, 0) is 35.6 Å². The van der Waals surface area contributed by atoms with Crippen LogP contribution in [0.15, 0.2) is 78.9 Å². The lowest BCUT2D eigenvalue weighted by Gasteiger charge is -2.45. The summed E-state index contributed by atoms with van der Waals surface area (Å²) in [5.74, 6) is 0.402. The first kappa shape index (κ1) is 35.4. The van der Waals surface area contributed by atoms with Gasteiger partial charge in [-0.3, -0.25) is 24.6 Å². The predicted octanol–water partition coefficient (Wildman–Crippen LogP) is 6.07. The number of amides is 3. The number of fused-ring (bicyclic) bond motifs is 3. The number of rotatable bonds is 7. The van der Waals surface area contributed by atoms with Gasteiger partial charge >= 0.3 is 0 Å². The average Bonchev–Trinajstić information content (AvgIpc) is 3.75. The van der Waals surface area contributed by atoms with E-state index in [-0.39, 0.29) is 41.8 Å². The molecular weight excluding hydrogens is 706 g/mol. The van der Waals surface area contributed by atoms with E-state index in [2.05, 4.69) is 62.5 Å². The molecule has 0 aromatic heterocycles. The fraction of sp³-hybridized carbons (Fsp3) is 0.413. The zero-order chi connectivity index (χ0) is 38.1. The van der Waals surface area contributed by atoms with Gasteiger partial charge in [-0.1, -0.05) is 36.4 Å². The van der Waals surface area contributed by atoms with Crippen molar-refractivity contribution in [3.05, 3.63) is 129 Å². The van der Waals surface area contributed by atoms with Crippen molar-refractivity contribution in [3.63, 3.8) is 0 Å². The highest BCUT2D eigenvalue weighted by atomic mass is 19.1. The van der Waals surface area contributed by atoms with Crippen LogP contribution in [0.25, 0.3) is 0 Å². The summed E-state index contributed by atoms with van der Waals surface area (Å²) in [6.07, 6.45) is 4.79. The van der Waals surface area contributed by atoms with Gasteiger partial charge in [0.2, 0.25) is 11.8 Å². The van der Waals surface area contributed by atoms with Crippen molar-refractivity contribution in [1.29, 1.82) is 0 Å². The zero-order valence-electron chi connectivity index (χ0n) is 31.6. The van der Waals surface area contributed by atoms with Crippen LogP contribution in [0.1, 0.15) is 93.2 Å². The molecule has 3 amide bonds. The molecule has 4 aromatic carbocycles. The van der Waals surface area contributed by atoms with E-state index >= 15 is 0 Å². The lowest BCUT2D eigenvalue weighted by molar-refractivity contribution is -0.136. The minimum atomic E-state index is -0.577. The Morgan fingerprint density at radius 3 is 2.21 bits per heavy atom. The van der Waals surface area contributed by atoms with Gasteiger partial charge in [-0.2, -0.15) is 0 Å². The second-order valence-electron chi connectivity index (χ2n) is 17.0. The number of aromatic hydroxyl groups is 1. The number of nitrogens with zero attached hydrogens (tertiary/aromatic N) is 4. The highest BCUT2D eigenvalue weighted by Gasteiger charge is 2.41. The third kappa shape index (κ3) is 6.46. The molecule has 1 unspecified atom stereocenters. The van der Waals surface area contributed by atoms with Crippen molar-refractivity contribution in [2.45, 2.75) is 82.1 Å². The SMILES string of the molecule is O=C1CCC(N2Cc3cc4c(cc3C2=O)CN(C2CCN(CC3CN(c5ccc([C@H]6c7ccc(O)cc7CC[C@H]6c6ccc(F)cc6)cc5)C3)CC2)C4)C(=O)N1. The van der Waals surface area contributed by atoms with Crippen LogP contribution in [0, 0.1) is 11.7 Å². The van der Waals surface area contributed by atoms with E-state index in [4.69, 9.17) is 0 Å². The van der Waals surface area contributed by atoms with Crippen LogP contribution in [0.3, 0.4) is 0 Å². The predicted molar refractivity (Wildman–Crippen MR) is 211 cm³/mol. The number of piperidine rings is 2. The Morgan fingerprint density at radius 1 is 0.732 bits per heavy atom. The summed E-state index contributed by atoms with van der Waals surface area (Å²) in [4.78, 5) is 46.8. The number of hydrogen-bond acceptors (Lipinski definition) is 7. The number of likely N-dealkylation sites (tertiary alicyclic amines) is 1. The molecule has 56 heavy (non-hydrogen) atoms. The van der Waals surface area contributed by atoms with E-state index in [1.807, 2.05) is 18.2 Å². The number of benzene rings is 4. The first-order chi connectivity index (χ1) is 27.2. The van der Waals surface area contributed by atoms with Crippen molar-refractivity contribution >= 4 is 23.4 Å². The minimum absolute atomic E-state index is 0.0968. The molecule has 3 fully saturated rings. The molecule has 2 N–H and O–H groups in total. The molecule has 1 aliphatic carbocycles. The van der Waals surface area contributed by atoms with E-state index in [1.54, 1.807) is 23.1 Å². The van der Waals surface area contributed by atoms with Crippen molar-refractivity contribution in [2.24, 2.45) is 5.92 Å². The topological polar surface area (TPSA) is 96.4 Å². The lowest BCUT2D eigenvalue weighted by Crippen LogP contribution is -2.53. The van der Waals surface area contributed by atoms with Gasteiger partial charge in [0.15, 0.2) is 0 Å². The van der Waals surface area contributed by atoms with Crippen LogP contribution >= 0.6 is 0 Å². The summed E-state index contributed by atoms with van der Waals surface area (Å²) >= 11 is 0. The Bertz CT molecular complexity index is 2190. The third-order valence-electron chi connectivity index (χ3n) is 13.6. The highest BCUT2D eigenvalue weighted by molar-refractivity contribution is 6.05. The van der Waals surface area contributed by atoms with E-state index in [9.17, 15) is 23.9 Å². The number of aryl methyl sites for hydroxylation is 1. The Labute approximate surface area is 327 Å². The Balaban J connectivity index is 0.719. The molecule has 0 radical (unpaired) electrons. The molecule has 5 heterocycles. The number of phenolic OH excluding ortho intramolecular Hbond substituents is 1. The molecule has 0 spiro atoms. The molecule has 6 aliphatic rings. The quantitative estimate of drug-likeness (QED) is 0.222. The first-order valence-electron chi connectivity index (χ1n) is 20.4. The monoisotopic (exact) mass is 753 g/mol. The van der Waals surface area contributed by atoms with Crippen molar-refractivity contribution in [2.75, 3.05) is 37.6 Å². The number of carbonyl (C=O) groups is 3. The average molecular weight is 754 g/mol.